The van der Waals surface area contributed by atoms with Gasteiger partial charge in [0.05, 0.1) is 6.20 Å². The summed E-state index contributed by atoms with van der Waals surface area (Å²) in [5.41, 5.74) is 1.40. The predicted octanol–water partition coefficient (Wildman–Crippen LogP) is 3.80. The molecule has 0 saturated heterocycles. The van der Waals surface area contributed by atoms with Crippen LogP contribution in [0.5, 0.6) is 0 Å². The Kier molecular flexibility index (Phi) is 5.88. The van der Waals surface area contributed by atoms with Gasteiger partial charge in [0.15, 0.2) is 5.82 Å². The van der Waals surface area contributed by atoms with Crippen LogP contribution in [0, 0.1) is 17.2 Å². The zero-order valence-electron chi connectivity index (χ0n) is 13.5. The van der Waals surface area contributed by atoms with Crippen LogP contribution in [0.15, 0.2) is 11.2 Å². The van der Waals surface area contributed by atoms with Crippen LogP contribution in [-0.4, -0.2) is 21.3 Å². The second-order valence-corrected chi connectivity index (χ2v) is 5.93. The molecule has 1 atom stereocenters. The Bertz CT molecular complexity index is 594. The smallest absolute Gasteiger partial charge is 0.168 e. The van der Waals surface area contributed by atoms with Crippen molar-refractivity contribution < 1.29 is 4.79 Å². The molecule has 0 bridgehead atoms. The number of carbonyl (C=O) groups is 1. The van der Waals surface area contributed by atoms with E-state index in [2.05, 4.69) is 30.0 Å². The molecule has 0 spiro atoms. The molecule has 118 valence electrons. The number of Topliss-reactive ketones (excluding diaryl/α,β-unsaturated/α-hetero) is 1. The number of nitriles is 1. The van der Waals surface area contributed by atoms with Gasteiger partial charge in [0.1, 0.15) is 17.4 Å². The predicted molar refractivity (Wildman–Crippen MR) is 86.2 cm³/mol. The van der Waals surface area contributed by atoms with Crippen molar-refractivity contribution in [3.63, 3.8) is 0 Å². The maximum Gasteiger partial charge on any atom is 0.168 e. The van der Waals surface area contributed by atoms with Crippen molar-refractivity contribution in [2.75, 3.05) is 0 Å². The number of aliphatic imine (C=N–C) groups is 1. The molecule has 0 N–H and O–H groups in total. The minimum atomic E-state index is 0.116. The Morgan fingerprint density at radius 2 is 2.23 bits per heavy atom. The fraction of sp³-hybridized carbons (Fsp3) is 0.647. The maximum absolute atomic E-state index is 12.0. The number of unbranched alkanes of at least 4 members (excludes halogenated alkanes) is 2. The number of aromatic nitrogens is 2. The third-order valence-corrected chi connectivity index (χ3v) is 4.12. The molecule has 0 aliphatic heterocycles. The summed E-state index contributed by atoms with van der Waals surface area (Å²) in [6, 6.07) is 2.15. The van der Waals surface area contributed by atoms with Gasteiger partial charge in [-0.15, -0.1) is 0 Å². The Morgan fingerprint density at radius 1 is 1.41 bits per heavy atom. The zero-order chi connectivity index (χ0) is 15.9. The van der Waals surface area contributed by atoms with Crippen molar-refractivity contribution in [3.05, 3.63) is 11.8 Å². The van der Waals surface area contributed by atoms with Crippen LogP contribution in [0.3, 0.4) is 0 Å². The summed E-state index contributed by atoms with van der Waals surface area (Å²) in [5.74, 6) is 1.03. The molecule has 1 aliphatic rings. The first-order valence-corrected chi connectivity index (χ1v) is 8.24. The molecular weight excluding hydrogens is 276 g/mol. The van der Waals surface area contributed by atoms with E-state index >= 15 is 0 Å². The summed E-state index contributed by atoms with van der Waals surface area (Å²) in [5, 5.41) is 13.5. The summed E-state index contributed by atoms with van der Waals surface area (Å²) in [4.78, 5) is 16.6. The van der Waals surface area contributed by atoms with Gasteiger partial charge in [0.25, 0.3) is 0 Å². The highest BCUT2D eigenvalue weighted by Crippen LogP contribution is 2.28. The average molecular weight is 300 g/mol. The molecule has 0 aromatic carbocycles. The van der Waals surface area contributed by atoms with Crippen molar-refractivity contribution in [3.8, 4) is 6.07 Å². The monoisotopic (exact) mass is 300 g/mol. The first kappa shape index (κ1) is 16.4. The lowest BCUT2D eigenvalue weighted by molar-refractivity contribution is -0.120. The molecule has 1 fully saturated rings. The van der Waals surface area contributed by atoms with Gasteiger partial charge in [-0.1, -0.05) is 33.1 Å². The van der Waals surface area contributed by atoms with Gasteiger partial charge in [-0.05, 0) is 19.3 Å². The van der Waals surface area contributed by atoms with E-state index in [1.54, 1.807) is 10.9 Å². The largest absolute Gasteiger partial charge is 0.299 e. The molecule has 1 aromatic rings. The van der Waals surface area contributed by atoms with Crippen molar-refractivity contribution in [1.82, 2.24) is 9.78 Å². The number of carbonyl (C=O) groups excluding carboxylic acids is 1. The molecule has 2 rings (SSSR count). The van der Waals surface area contributed by atoms with Crippen LogP contribution in [-0.2, 0) is 11.3 Å². The summed E-state index contributed by atoms with van der Waals surface area (Å²) < 4.78 is 1.80. The Morgan fingerprint density at radius 3 is 2.91 bits per heavy atom. The lowest BCUT2D eigenvalue weighted by Crippen LogP contribution is -2.04. The Hall–Kier alpha value is -1.96. The van der Waals surface area contributed by atoms with Crippen LogP contribution in [0.1, 0.15) is 64.4 Å². The summed E-state index contributed by atoms with van der Waals surface area (Å²) in [6.45, 7) is 5.02. The number of aryl methyl sites for hydroxylation is 1. The van der Waals surface area contributed by atoms with Gasteiger partial charge in [-0.25, -0.2) is 9.67 Å². The Balaban J connectivity index is 2.17. The van der Waals surface area contributed by atoms with E-state index in [0.29, 0.717) is 17.8 Å². The van der Waals surface area contributed by atoms with Crippen molar-refractivity contribution >= 4 is 17.3 Å². The number of rotatable bonds is 7. The van der Waals surface area contributed by atoms with Crippen LogP contribution in [0.4, 0.5) is 5.82 Å². The summed E-state index contributed by atoms with van der Waals surface area (Å²) in [7, 11) is 0. The first-order chi connectivity index (χ1) is 10.7. The number of nitrogens with zero attached hydrogens (tertiary/aromatic N) is 4. The van der Waals surface area contributed by atoms with E-state index in [1.165, 1.54) is 0 Å². The van der Waals surface area contributed by atoms with E-state index in [9.17, 15) is 10.1 Å². The molecule has 0 amide bonds. The van der Waals surface area contributed by atoms with Gasteiger partial charge < -0.3 is 0 Å². The molecule has 1 saturated carbocycles. The van der Waals surface area contributed by atoms with Crippen LogP contribution >= 0.6 is 0 Å². The highest BCUT2D eigenvalue weighted by atomic mass is 16.1. The van der Waals surface area contributed by atoms with E-state index in [-0.39, 0.29) is 11.7 Å². The molecular formula is C17H24N4O. The quantitative estimate of drug-likeness (QED) is 0.719. The van der Waals surface area contributed by atoms with Crippen molar-refractivity contribution in [1.29, 1.82) is 5.26 Å². The lowest BCUT2D eigenvalue weighted by Gasteiger charge is -2.05. The van der Waals surface area contributed by atoms with Crippen LogP contribution < -0.4 is 0 Å². The third kappa shape index (κ3) is 3.82. The summed E-state index contributed by atoms with van der Waals surface area (Å²) >= 11 is 0. The van der Waals surface area contributed by atoms with Gasteiger partial charge in [-0.3, -0.25) is 4.79 Å². The van der Waals surface area contributed by atoms with Crippen molar-refractivity contribution in [2.24, 2.45) is 10.9 Å². The third-order valence-electron chi connectivity index (χ3n) is 4.12. The van der Waals surface area contributed by atoms with Gasteiger partial charge in [0.2, 0.25) is 0 Å². The molecule has 5 heteroatoms. The highest BCUT2D eigenvalue weighted by molar-refractivity contribution is 6.10. The van der Waals surface area contributed by atoms with Crippen molar-refractivity contribution in [2.45, 2.75) is 65.3 Å². The topological polar surface area (TPSA) is 71.0 Å². The SMILES string of the molecule is CCCCCn1ncc(C#N)c1N=C1CC(=O)C(CCC)C1. The van der Waals surface area contributed by atoms with E-state index in [4.69, 9.17) is 0 Å². The van der Waals surface area contributed by atoms with Gasteiger partial charge in [0, 0.05) is 24.6 Å². The minimum Gasteiger partial charge on any atom is -0.299 e. The maximum atomic E-state index is 12.0. The van der Waals surface area contributed by atoms with Crippen LogP contribution in [0.25, 0.3) is 0 Å². The van der Waals surface area contributed by atoms with Crippen LogP contribution in [0.2, 0.25) is 0 Å². The van der Waals surface area contributed by atoms with E-state index in [0.717, 1.165) is 50.8 Å². The molecule has 22 heavy (non-hydrogen) atoms. The normalized spacial score (nSPS) is 19.8. The standard InChI is InChI=1S/C17H24N4O/c1-3-5-6-8-21-17(14(11-18)12-19-21)20-15-9-13(7-4-2)16(22)10-15/h12-13H,3-10H2,1-2H3. The molecule has 1 unspecified atom stereocenters. The fourth-order valence-electron chi connectivity index (χ4n) is 2.91. The molecule has 5 nitrogen and oxygen atoms in total. The molecule has 1 aliphatic carbocycles. The first-order valence-electron chi connectivity index (χ1n) is 8.24. The fourth-order valence-corrected chi connectivity index (χ4v) is 2.91. The summed E-state index contributed by atoms with van der Waals surface area (Å²) in [6.07, 6.45) is 7.98. The second kappa shape index (κ2) is 7.88. The number of ketones is 1. The lowest BCUT2D eigenvalue weighted by atomic mass is 10.0. The zero-order valence-corrected chi connectivity index (χ0v) is 13.5. The Labute approximate surface area is 132 Å². The average Bonchev–Trinajstić information content (AvgIpc) is 3.04. The molecule has 0 radical (unpaired) electrons. The van der Waals surface area contributed by atoms with E-state index in [1.807, 2.05) is 0 Å². The van der Waals surface area contributed by atoms with E-state index < -0.39 is 0 Å². The second-order valence-electron chi connectivity index (χ2n) is 5.93. The highest BCUT2D eigenvalue weighted by Gasteiger charge is 2.29. The molecule has 1 heterocycles. The number of hydrogen-bond acceptors (Lipinski definition) is 4. The molecule has 1 aromatic heterocycles. The van der Waals surface area contributed by atoms with Gasteiger partial charge in [-0.2, -0.15) is 10.4 Å². The van der Waals surface area contributed by atoms with Gasteiger partial charge >= 0.3 is 0 Å². The number of hydrogen-bond donors (Lipinski definition) is 0. The minimum absolute atomic E-state index is 0.116.